The Hall–Kier alpha value is -1.93. The molecule has 2 unspecified atom stereocenters. The van der Waals surface area contributed by atoms with Gasteiger partial charge in [0.1, 0.15) is 0 Å². The van der Waals surface area contributed by atoms with Gasteiger partial charge in [-0.3, -0.25) is 4.98 Å². The molecule has 0 spiro atoms. The highest BCUT2D eigenvalue weighted by molar-refractivity contribution is 5.30. The molecule has 0 aliphatic rings. The largest absolute Gasteiger partial charge is 0.389 e. The summed E-state index contributed by atoms with van der Waals surface area (Å²) in [7, 11) is 0. The highest BCUT2D eigenvalue weighted by Gasteiger charge is 2.13. The lowest BCUT2D eigenvalue weighted by Crippen LogP contribution is -2.01. The van der Waals surface area contributed by atoms with Gasteiger partial charge < -0.3 is 5.11 Å². The Bertz CT molecular complexity index is 495. The number of aliphatic hydroxyl groups is 1. The highest BCUT2D eigenvalue weighted by Crippen LogP contribution is 2.29. The van der Waals surface area contributed by atoms with Gasteiger partial charge in [-0.05, 0) is 43.4 Å². The molecule has 1 aromatic heterocycles. The van der Waals surface area contributed by atoms with Crippen molar-refractivity contribution in [3.63, 3.8) is 0 Å². The zero-order valence-corrected chi connectivity index (χ0v) is 12.5. The Morgan fingerprint density at radius 3 is 2.52 bits per heavy atom. The number of unbranched alkanes of at least 4 members (excludes halogenated alkanes) is 1. The molecular weight excluding hydrogens is 258 g/mol. The fourth-order valence-corrected chi connectivity index (χ4v) is 2.53. The molecule has 0 aliphatic carbocycles. The van der Waals surface area contributed by atoms with Crippen molar-refractivity contribution in [2.45, 2.75) is 38.2 Å². The monoisotopic (exact) mass is 281 g/mol. The number of allylic oxidation sites excluding steroid dienone is 1. The third kappa shape index (κ3) is 5.16. The van der Waals surface area contributed by atoms with Crippen molar-refractivity contribution in [1.29, 1.82) is 0 Å². The zero-order chi connectivity index (χ0) is 14.9. The Labute approximate surface area is 127 Å². The van der Waals surface area contributed by atoms with Gasteiger partial charge >= 0.3 is 0 Å². The molecule has 0 saturated heterocycles. The number of hydrogen-bond acceptors (Lipinski definition) is 2. The van der Waals surface area contributed by atoms with Gasteiger partial charge in [0.15, 0.2) is 0 Å². The second-order valence-corrected chi connectivity index (χ2v) is 5.35. The molecule has 0 amide bonds. The van der Waals surface area contributed by atoms with Crippen LogP contribution < -0.4 is 0 Å². The van der Waals surface area contributed by atoms with Crippen molar-refractivity contribution in [2.24, 2.45) is 0 Å². The quantitative estimate of drug-likeness (QED) is 0.605. The summed E-state index contributed by atoms with van der Waals surface area (Å²) in [6, 6.07) is 14.7. The molecule has 2 atom stereocenters. The van der Waals surface area contributed by atoms with Crippen molar-refractivity contribution >= 4 is 0 Å². The third-order valence-corrected chi connectivity index (χ3v) is 3.57. The summed E-state index contributed by atoms with van der Waals surface area (Å²) in [5, 5.41) is 9.22. The first-order valence-electron chi connectivity index (χ1n) is 7.57. The van der Waals surface area contributed by atoms with Crippen molar-refractivity contribution in [1.82, 2.24) is 4.98 Å². The minimum Gasteiger partial charge on any atom is -0.389 e. The van der Waals surface area contributed by atoms with Crippen LogP contribution in [0.15, 0.2) is 67.0 Å². The van der Waals surface area contributed by atoms with E-state index in [1.807, 2.05) is 24.5 Å². The van der Waals surface area contributed by atoms with Gasteiger partial charge in [-0.2, -0.15) is 0 Å². The molecule has 0 fully saturated rings. The van der Waals surface area contributed by atoms with Crippen LogP contribution in [0.4, 0.5) is 0 Å². The molecule has 1 N–H and O–H groups in total. The molecule has 21 heavy (non-hydrogen) atoms. The fourth-order valence-electron chi connectivity index (χ4n) is 2.53. The Morgan fingerprint density at radius 1 is 1.10 bits per heavy atom. The molecule has 0 bridgehead atoms. The first-order chi connectivity index (χ1) is 10.3. The van der Waals surface area contributed by atoms with E-state index < -0.39 is 0 Å². The summed E-state index contributed by atoms with van der Waals surface area (Å²) >= 11 is 0. The van der Waals surface area contributed by atoms with Crippen LogP contribution in [0.3, 0.4) is 0 Å². The number of hydrogen-bond donors (Lipinski definition) is 1. The van der Waals surface area contributed by atoms with Gasteiger partial charge in [-0.25, -0.2) is 0 Å². The molecule has 2 aromatic rings. The first kappa shape index (κ1) is 15.5. The molecular formula is C19H23NO. The van der Waals surface area contributed by atoms with Crippen LogP contribution in [0.2, 0.25) is 0 Å². The Kier molecular flexibility index (Phi) is 6.17. The molecule has 0 saturated carbocycles. The maximum Gasteiger partial charge on any atom is 0.0692 e. The van der Waals surface area contributed by atoms with E-state index in [1.54, 1.807) is 6.92 Å². The van der Waals surface area contributed by atoms with Gasteiger partial charge in [0.25, 0.3) is 0 Å². The molecule has 1 aromatic carbocycles. The van der Waals surface area contributed by atoms with E-state index in [0.29, 0.717) is 5.92 Å². The van der Waals surface area contributed by atoms with Crippen molar-refractivity contribution in [2.75, 3.05) is 0 Å². The maximum atomic E-state index is 9.22. The molecule has 0 radical (unpaired) electrons. The van der Waals surface area contributed by atoms with Crippen LogP contribution in [-0.2, 0) is 0 Å². The van der Waals surface area contributed by atoms with E-state index in [2.05, 4.69) is 47.5 Å². The zero-order valence-electron chi connectivity index (χ0n) is 12.5. The van der Waals surface area contributed by atoms with Crippen LogP contribution in [-0.4, -0.2) is 16.2 Å². The molecule has 2 nitrogen and oxygen atoms in total. The SMILES string of the molecule is CC(O)/C=C/CCCC(c1ccccc1)c1cccnc1. The van der Waals surface area contributed by atoms with Gasteiger partial charge in [0, 0.05) is 18.3 Å². The first-order valence-corrected chi connectivity index (χ1v) is 7.57. The van der Waals surface area contributed by atoms with Crippen LogP contribution in [0.25, 0.3) is 0 Å². The van der Waals surface area contributed by atoms with Gasteiger partial charge in [0.05, 0.1) is 6.10 Å². The van der Waals surface area contributed by atoms with E-state index in [0.717, 1.165) is 19.3 Å². The second kappa shape index (κ2) is 8.38. The normalized spacial score (nSPS) is 14.2. The number of aromatic nitrogens is 1. The summed E-state index contributed by atoms with van der Waals surface area (Å²) in [4.78, 5) is 4.25. The molecule has 0 aliphatic heterocycles. The summed E-state index contributed by atoms with van der Waals surface area (Å²) in [6.07, 6.45) is 10.5. The average Bonchev–Trinajstić information content (AvgIpc) is 2.52. The topological polar surface area (TPSA) is 33.1 Å². The predicted octanol–water partition coefficient (Wildman–Crippen LogP) is 4.32. The van der Waals surface area contributed by atoms with E-state index in [4.69, 9.17) is 0 Å². The molecule has 1 heterocycles. The average molecular weight is 281 g/mol. The van der Waals surface area contributed by atoms with E-state index in [9.17, 15) is 5.11 Å². The predicted molar refractivity (Wildman–Crippen MR) is 87.2 cm³/mol. The highest BCUT2D eigenvalue weighted by atomic mass is 16.3. The maximum absolute atomic E-state index is 9.22. The lowest BCUT2D eigenvalue weighted by atomic mass is 9.88. The van der Waals surface area contributed by atoms with Gasteiger partial charge in [-0.15, -0.1) is 0 Å². The van der Waals surface area contributed by atoms with Crippen molar-refractivity contribution < 1.29 is 5.11 Å². The number of aliphatic hydroxyl groups excluding tert-OH is 1. The van der Waals surface area contributed by atoms with Crippen molar-refractivity contribution in [3.8, 4) is 0 Å². The summed E-state index contributed by atoms with van der Waals surface area (Å²) in [5.41, 5.74) is 2.60. The number of benzene rings is 1. The van der Waals surface area contributed by atoms with Crippen LogP contribution in [0, 0.1) is 0 Å². The molecule has 110 valence electrons. The second-order valence-electron chi connectivity index (χ2n) is 5.35. The minimum absolute atomic E-state index is 0.353. The lowest BCUT2D eigenvalue weighted by Gasteiger charge is -2.17. The van der Waals surface area contributed by atoms with Crippen LogP contribution >= 0.6 is 0 Å². The lowest BCUT2D eigenvalue weighted by molar-refractivity contribution is 0.244. The Balaban J connectivity index is 2.04. The summed E-state index contributed by atoms with van der Waals surface area (Å²) in [6.45, 7) is 1.78. The number of nitrogens with zero attached hydrogens (tertiary/aromatic N) is 1. The molecule has 2 heteroatoms. The number of rotatable bonds is 7. The Morgan fingerprint density at radius 2 is 1.86 bits per heavy atom. The van der Waals surface area contributed by atoms with Gasteiger partial charge in [0.2, 0.25) is 0 Å². The fraction of sp³-hybridized carbons (Fsp3) is 0.316. The summed E-state index contributed by atoms with van der Waals surface area (Å²) in [5.74, 6) is 0.389. The number of pyridine rings is 1. The molecule has 2 rings (SSSR count). The van der Waals surface area contributed by atoms with E-state index >= 15 is 0 Å². The smallest absolute Gasteiger partial charge is 0.0692 e. The van der Waals surface area contributed by atoms with Gasteiger partial charge in [-0.1, -0.05) is 48.6 Å². The van der Waals surface area contributed by atoms with Crippen molar-refractivity contribution in [3.05, 3.63) is 78.1 Å². The third-order valence-electron chi connectivity index (χ3n) is 3.57. The van der Waals surface area contributed by atoms with Crippen LogP contribution in [0.5, 0.6) is 0 Å². The summed E-state index contributed by atoms with van der Waals surface area (Å²) < 4.78 is 0. The van der Waals surface area contributed by atoms with E-state index in [-0.39, 0.29) is 6.10 Å². The minimum atomic E-state index is -0.353. The van der Waals surface area contributed by atoms with E-state index in [1.165, 1.54) is 11.1 Å². The van der Waals surface area contributed by atoms with Crippen LogP contribution in [0.1, 0.15) is 43.2 Å². The standard InChI is InChI=1S/C19H23NO/c1-16(21)9-4-2-7-13-19(17-10-5-3-6-11-17)18-12-8-14-20-15-18/h3-6,8-12,14-16,19,21H,2,7,13H2,1H3/b9-4+.